The molecule has 8 heteroatoms. The normalized spacial score (nSPS) is 13.5. The highest BCUT2D eigenvalue weighted by Gasteiger charge is 2.28. The molecule has 0 saturated carbocycles. The smallest absolute Gasteiger partial charge is 0.243 e. The SMILES string of the molecule is CCN(CC)S(=O)(=O)c1ccc2c(c1)CCN2C(=O)CCc1cnn(-c2ccccc2)c1. The van der Waals surface area contributed by atoms with E-state index in [1.165, 1.54) is 4.31 Å². The average molecular weight is 453 g/mol. The van der Waals surface area contributed by atoms with Crippen LogP contribution < -0.4 is 4.90 Å². The molecule has 0 bridgehead atoms. The number of rotatable bonds is 8. The molecule has 0 aliphatic carbocycles. The fourth-order valence-electron chi connectivity index (χ4n) is 4.11. The number of sulfonamides is 1. The van der Waals surface area contributed by atoms with E-state index in [2.05, 4.69) is 5.10 Å². The van der Waals surface area contributed by atoms with Gasteiger partial charge in [-0.1, -0.05) is 32.0 Å². The van der Waals surface area contributed by atoms with Crippen molar-refractivity contribution in [2.24, 2.45) is 0 Å². The van der Waals surface area contributed by atoms with Crippen LogP contribution in [0.15, 0.2) is 65.8 Å². The minimum absolute atomic E-state index is 0.0376. The second kappa shape index (κ2) is 9.26. The molecule has 0 fully saturated rings. The third kappa shape index (κ3) is 4.33. The van der Waals surface area contributed by atoms with Crippen LogP contribution in [0.25, 0.3) is 5.69 Å². The summed E-state index contributed by atoms with van der Waals surface area (Å²) in [5.74, 6) is 0.0376. The Labute approximate surface area is 189 Å². The molecule has 0 radical (unpaired) electrons. The number of hydrogen-bond acceptors (Lipinski definition) is 4. The Morgan fingerprint density at radius 2 is 1.84 bits per heavy atom. The van der Waals surface area contributed by atoms with Crippen LogP contribution in [0.2, 0.25) is 0 Å². The van der Waals surface area contributed by atoms with Crippen molar-refractivity contribution in [2.75, 3.05) is 24.5 Å². The number of hydrogen-bond donors (Lipinski definition) is 0. The third-order valence-corrected chi connectivity index (χ3v) is 7.92. The van der Waals surface area contributed by atoms with E-state index >= 15 is 0 Å². The summed E-state index contributed by atoms with van der Waals surface area (Å²) in [4.78, 5) is 15.0. The van der Waals surface area contributed by atoms with Crippen LogP contribution in [0.1, 0.15) is 31.4 Å². The first-order valence-electron chi connectivity index (χ1n) is 11.0. The van der Waals surface area contributed by atoms with Crippen LogP contribution in [-0.4, -0.2) is 48.0 Å². The molecule has 168 valence electrons. The van der Waals surface area contributed by atoms with Gasteiger partial charge in [-0.2, -0.15) is 9.40 Å². The lowest BCUT2D eigenvalue weighted by Crippen LogP contribution is -2.30. The van der Waals surface area contributed by atoms with Crippen molar-refractivity contribution in [3.05, 3.63) is 72.1 Å². The Balaban J connectivity index is 1.43. The summed E-state index contributed by atoms with van der Waals surface area (Å²) in [6.07, 6.45) is 5.38. The number of aryl methyl sites for hydroxylation is 1. The molecule has 4 rings (SSSR count). The molecule has 1 aliphatic heterocycles. The molecule has 32 heavy (non-hydrogen) atoms. The van der Waals surface area contributed by atoms with Gasteiger partial charge in [0.25, 0.3) is 0 Å². The maximum Gasteiger partial charge on any atom is 0.243 e. The minimum Gasteiger partial charge on any atom is -0.312 e. The first-order chi connectivity index (χ1) is 15.4. The predicted molar refractivity (Wildman–Crippen MR) is 124 cm³/mol. The number of aromatic nitrogens is 2. The van der Waals surface area contributed by atoms with Gasteiger partial charge in [0.2, 0.25) is 15.9 Å². The van der Waals surface area contributed by atoms with Crippen LogP contribution in [0.5, 0.6) is 0 Å². The topological polar surface area (TPSA) is 75.5 Å². The lowest BCUT2D eigenvalue weighted by atomic mass is 10.1. The largest absolute Gasteiger partial charge is 0.312 e. The van der Waals surface area contributed by atoms with E-state index in [1.807, 2.05) is 55.1 Å². The zero-order valence-electron chi connectivity index (χ0n) is 18.4. The monoisotopic (exact) mass is 452 g/mol. The van der Waals surface area contributed by atoms with Crippen molar-refractivity contribution >= 4 is 21.6 Å². The van der Waals surface area contributed by atoms with E-state index in [-0.39, 0.29) is 5.91 Å². The van der Waals surface area contributed by atoms with E-state index in [0.717, 1.165) is 22.5 Å². The van der Waals surface area contributed by atoms with Crippen LogP contribution in [0.3, 0.4) is 0 Å². The van der Waals surface area contributed by atoms with Crippen LogP contribution in [0.4, 0.5) is 5.69 Å². The molecule has 1 amide bonds. The van der Waals surface area contributed by atoms with E-state index in [4.69, 9.17) is 0 Å². The molecular formula is C24H28N4O3S. The summed E-state index contributed by atoms with van der Waals surface area (Å²) in [5.41, 5.74) is 3.70. The summed E-state index contributed by atoms with van der Waals surface area (Å²) in [7, 11) is -3.51. The van der Waals surface area contributed by atoms with Gasteiger partial charge in [-0.15, -0.1) is 0 Å². The Morgan fingerprint density at radius 1 is 1.09 bits per heavy atom. The summed E-state index contributed by atoms with van der Waals surface area (Å²) in [6, 6.07) is 15.0. The second-order valence-electron chi connectivity index (χ2n) is 7.80. The Bertz CT molecular complexity index is 1200. The molecule has 2 aromatic carbocycles. The Hall–Kier alpha value is -2.97. The van der Waals surface area contributed by atoms with E-state index in [9.17, 15) is 13.2 Å². The molecule has 7 nitrogen and oxygen atoms in total. The molecular weight excluding hydrogens is 424 g/mol. The van der Waals surface area contributed by atoms with Gasteiger partial charge in [0.15, 0.2) is 0 Å². The number of carbonyl (C=O) groups excluding carboxylic acids is 1. The third-order valence-electron chi connectivity index (χ3n) is 5.88. The molecule has 0 saturated heterocycles. The van der Waals surface area contributed by atoms with Gasteiger partial charge < -0.3 is 4.90 Å². The number of benzene rings is 2. The highest BCUT2D eigenvalue weighted by Crippen LogP contribution is 2.31. The van der Waals surface area contributed by atoms with Crippen molar-refractivity contribution in [3.8, 4) is 5.69 Å². The molecule has 0 spiro atoms. The highest BCUT2D eigenvalue weighted by molar-refractivity contribution is 7.89. The Morgan fingerprint density at radius 3 is 2.56 bits per heavy atom. The lowest BCUT2D eigenvalue weighted by Gasteiger charge is -2.20. The molecule has 3 aromatic rings. The van der Waals surface area contributed by atoms with Gasteiger partial charge >= 0.3 is 0 Å². The van der Waals surface area contributed by atoms with Gasteiger partial charge in [0.05, 0.1) is 16.8 Å². The fraction of sp³-hybridized carbons (Fsp3) is 0.333. The van der Waals surface area contributed by atoms with E-state index in [1.54, 1.807) is 29.3 Å². The number of amides is 1. The van der Waals surface area contributed by atoms with Gasteiger partial charge in [-0.3, -0.25) is 4.79 Å². The first-order valence-corrected chi connectivity index (χ1v) is 12.4. The summed E-state index contributed by atoms with van der Waals surface area (Å²) < 4.78 is 28.9. The second-order valence-corrected chi connectivity index (χ2v) is 9.74. The average Bonchev–Trinajstić information content (AvgIpc) is 3.45. The number of anilines is 1. The number of para-hydroxylation sites is 1. The molecule has 2 heterocycles. The molecule has 1 aromatic heterocycles. The van der Waals surface area contributed by atoms with Crippen molar-refractivity contribution in [1.29, 1.82) is 0 Å². The Kier molecular flexibility index (Phi) is 6.43. The zero-order valence-corrected chi connectivity index (χ0v) is 19.3. The van der Waals surface area contributed by atoms with Crippen LogP contribution in [-0.2, 0) is 27.7 Å². The van der Waals surface area contributed by atoms with E-state index in [0.29, 0.717) is 43.8 Å². The standard InChI is InChI=1S/C24H28N4O3S/c1-3-26(4-2)32(30,31)22-11-12-23-20(16-22)14-15-27(23)24(29)13-10-19-17-25-28(18-19)21-8-6-5-7-9-21/h5-9,11-12,16-18H,3-4,10,13-15H2,1-2H3. The lowest BCUT2D eigenvalue weighted by molar-refractivity contribution is -0.118. The van der Waals surface area contributed by atoms with Crippen molar-refractivity contribution in [2.45, 2.75) is 38.0 Å². The van der Waals surface area contributed by atoms with Crippen molar-refractivity contribution < 1.29 is 13.2 Å². The molecule has 1 aliphatic rings. The number of carbonyl (C=O) groups is 1. The van der Waals surface area contributed by atoms with Crippen molar-refractivity contribution in [3.63, 3.8) is 0 Å². The number of nitrogens with zero attached hydrogens (tertiary/aromatic N) is 4. The maximum atomic E-state index is 12.9. The zero-order chi connectivity index (χ0) is 22.7. The summed E-state index contributed by atoms with van der Waals surface area (Å²) in [6.45, 7) is 5.10. The fourth-order valence-corrected chi connectivity index (χ4v) is 5.62. The maximum absolute atomic E-state index is 12.9. The number of fused-ring (bicyclic) bond motifs is 1. The van der Waals surface area contributed by atoms with Gasteiger partial charge in [-0.25, -0.2) is 13.1 Å². The molecule has 0 unspecified atom stereocenters. The van der Waals surface area contributed by atoms with Gasteiger partial charge in [-0.05, 0) is 54.3 Å². The molecule has 0 atom stereocenters. The first kappa shape index (κ1) is 22.2. The summed E-state index contributed by atoms with van der Waals surface area (Å²) >= 11 is 0. The van der Waals surface area contributed by atoms with Crippen LogP contribution in [0, 0.1) is 0 Å². The summed E-state index contributed by atoms with van der Waals surface area (Å²) in [5, 5.41) is 4.39. The van der Waals surface area contributed by atoms with Crippen molar-refractivity contribution in [1.82, 2.24) is 14.1 Å². The van der Waals surface area contributed by atoms with Gasteiger partial charge in [0, 0.05) is 37.9 Å². The van der Waals surface area contributed by atoms with Gasteiger partial charge in [0.1, 0.15) is 0 Å². The molecule has 0 N–H and O–H groups in total. The van der Waals surface area contributed by atoms with E-state index < -0.39 is 10.0 Å². The predicted octanol–water partition coefficient (Wildman–Crippen LogP) is 3.42. The van der Waals surface area contributed by atoms with Crippen LogP contribution >= 0.6 is 0 Å². The minimum atomic E-state index is -3.51. The highest BCUT2D eigenvalue weighted by atomic mass is 32.2. The quantitative estimate of drug-likeness (QED) is 0.525.